The highest BCUT2D eigenvalue weighted by atomic mass is 127. The average Bonchev–Trinajstić information content (AvgIpc) is 2.97. The number of hydrogen-bond donors (Lipinski definition) is 2. The lowest BCUT2D eigenvalue weighted by Crippen LogP contribution is -2.39. The molecule has 150 valence electrons. The Balaban J connectivity index is 0.00000364. The molecule has 1 atom stereocenters. The second-order valence-corrected chi connectivity index (χ2v) is 8.46. The van der Waals surface area contributed by atoms with Crippen LogP contribution in [0, 0.1) is 19.8 Å². The highest BCUT2D eigenvalue weighted by Crippen LogP contribution is 2.29. The summed E-state index contributed by atoms with van der Waals surface area (Å²) in [5.74, 6) is 3.27. The molecule has 0 aliphatic rings. The normalized spacial score (nSPS) is 12.3. The molecule has 1 aromatic carbocycles. The Bertz CT molecular complexity index is 736. The van der Waals surface area contributed by atoms with Crippen LogP contribution in [0.15, 0.2) is 34.2 Å². The number of nitrogens with one attached hydrogen (secondary N) is 2. The highest BCUT2D eigenvalue weighted by Gasteiger charge is 2.09. The Hall–Kier alpha value is -1.000. The Morgan fingerprint density at radius 3 is 2.67 bits per heavy atom. The molecule has 8 heteroatoms. The van der Waals surface area contributed by atoms with Gasteiger partial charge in [0.1, 0.15) is 5.75 Å². The van der Waals surface area contributed by atoms with Gasteiger partial charge >= 0.3 is 0 Å². The minimum atomic E-state index is 0. The fourth-order valence-corrected chi connectivity index (χ4v) is 4.35. The molecule has 0 saturated heterocycles. The van der Waals surface area contributed by atoms with E-state index in [4.69, 9.17) is 4.74 Å². The molecular weight excluding hydrogens is 491 g/mol. The van der Waals surface area contributed by atoms with E-state index < -0.39 is 0 Å². The first-order chi connectivity index (χ1) is 12.5. The van der Waals surface area contributed by atoms with E-state index in [0.29, 0.717) is 5.92 Å². The number of aliphatic imine (C=N–C) groups is 1. The predicted molar refractivity (Wildman–Crippen MR) is 128 cm³/mol. The van der Waals surface area contributed by atoms with Crippen LogP contribution in [0.1, 0.15) is 22.5 Å². The molecule has 2 rings (SSSR count). The van der Waals surface area contributed by atoms with Gasteiger partial charge in [-0.3, -0.25) is 4.99 Å². The van der Waals surface area contributed by atoms with Crippen molar-refractivity contribution >= 4 is 53.0 Å². The lowest BCUT2D eigenvalue weighted by atomic mass is 10.2. The fraction of sp³-hybridized carbons (Fsp3) is 0.474. The van der Waals surface area contributed by atoms with Crippen molar-refractivity contribution in [3.05, 3.63) is 39.8 Å². The lowest BCUT2D eigenvalue weighted by molar-refractivity contribution is 0.405. The maximum atomic E-state index is 5.41. The standard InChI is InChI=1S/C19H28N4OS2.HI/c1-13(12-25-17-9-7-6-8-16(17)24-5)10-21-19(20-4)22-11-18-14(2)23-15(3)26-18;/h6-9,13H,10-12H2,1-5H3,(H2,20,21,22);1H. The number of hydrogen-bond acceptors (Lipinski definition) is 5. The van der Waals surface area contributed by atoms with E-state index in [2.05, 4.69) is 33.6 Å². The van der Waals surface area contributed by atoms with Crippen LogP contribution >= 0.6 is 47.1 Å². The molecule has 0 fully saturated rings. The van der Waals surface area contributed by atoms with Crippen LogP contribution in [-0.2, 0) is 6.54 Å². The second kappa shape index (κ2) is 12.5. The van der Waals surface area contributed by atoms with E-state index in [1.54, 1.807) is 25.5 Å². The van der Waals surface area contributed by atoms with Crippen molar-refractivity contribution in [1.82, 2.24) is 15.6 Å². The fourth-order valence-electron chi connectivity index (χ4n) is 2.42. The number of nitrogens with zero attached hydrogens (tertiary/aromatic N) is 2. The zero-order valence-electron chi connectivity index (χ0n) is 16.5. The third kappa shape index (κ3) is 7.87. The number of rotatable bonds is 8. The Morgan fingerprint density at radius 1 is 1.30 bits per heavy atom. The molecule has 5 nitrogen and oxygen atoms in total. The summed E-state index contributed by atoms with van der Waals surface area (Å²) in [6.07, 6.45) is 0. The van der Waals surface area contributed by atoms with Gasteiger partial charge in [0, 0.05) is 29.1 Å². The van der Waals surface area contributed by atoms with Gasteiger partial charge in [-0.25, -0.2) is 4.98 Å². The predicted octanol–water partition coefficient (Wildman–Crippen LogP) is 4.48. The maximum absolute atomic E-state index is 5.41. The summed E-state index contributed by atoms with van der Waals surface area (Å²) in [5.41, 5.74) is 1.09. The second-order valence-electron chi connectivity index (χ2n) is 6.12. The number of para-hydroxylation sites is 1. The summed E-state index contributed by atoms with van der Waals surface area (Å²) in [5, 5.41) is 7.88. The quantitative estimate of drug-likeness (QED) is 0.233. The summed E-state index contributed by atoms with van der Waals surface area (Å²) in [6.45, 7) is 7.94. The van der Waals surface area contributed by atoms with Crippen LogP contribution in [0.2, 0.25) is 0 Å². The van der Waals surface area contributed by atoms with Crippen LogP contribution in [0.5, 0.6) is 5.75 Å². The van der Waals surface area contributed by atoms with Gasteiger partial charge in [-0.2, -0.15) is 0 Å². The van der Waals surface area contributed by atoms with Crippen LogP contribution in [0.4, 0.5) is 0 Å². The molecule has 0 amide bonds. The number of ether oxygens (including phenoxy) is 1. The van der Waals surface area contributed by atoms with Crippen molar-refractivity contribution in [2.45, 2.75) is 32.2 Å². The van der Waals surface area contributed by atoms with Crippen LogP contribution in [-0.4, -0.2) is 37.4 Å². The molecule has 2 N–H and O–H groups in total. The third-order valence-electron chi connectivity index (χ3n) is 3.85. The van der Waals surface area contributed by atoms with Crippen LogP contribution in [0.25, 0.3) is 0 Å². The smallest absolute Gasteiger partial charge is 0.191 e. The molecule has 1 heterocycles. The Morgan fingerprint density at radius 2 is 2.04 bits per heavy atom. The molecule has 2 aromatic rings. The maximum Gasteiger partial charge on any atom is 0.191 e. The summed E-state index contributed by atoms with van der Waals surface area (Å²) >= 11 is 3.55. The van der Waals surface area contributed by atoms with Crippen LogP contribution in [0.3, 0.4) is 0 Å². The lowest BCUT2D eigenvalue weighted by Gasteiger charge is -2.16. The molecule has 27 heavy (non-hydrogen) atoms. The topological polar surface area (TPSA) is 58.5 Å². The van der Waals surface area contributed by atoms with Gasteiger partial charge in [0.2, 0.25) is 0 Å². The first kappa shape index (κ1) is 24.0. The monoisotopic (exact) mass is 520 g/mol. The number of thioether (sulfide) groups is 1. The molecule has 0 radical (unpaired) electrons. The largest absolute Gasteiger partial charge is 0.496 e. The molecule has 0 saturated carbocycles. The van der Waals surface area contributed by atoms with Gasteiger partial charge in [0.05, 0.1) is 24.4 Å². The summed E-state index contributed by atoms with van der Waals surface area (Å²) in [6, 6.07) is 8.14. The van der Waals surface area contributed by atoms with Gasteiger partial charge in [-0.05, 0) is 31.9 Å². The van der Waals surface area contributed by atoms with Crippen molar-refractivity contribution < 1.29 is 4.74 Å². The zero-order valence-corrected chi connectivity index (χ0v) is 20.5. The Kier molecular flexibility index (Phi) is 11.1. The molecule has 0 spiro atoms. The summed E-state index contributed by atoms with van der Waals surface area (Å²) in [4.78, 5) is 11.2. The van der Waals surface area contributed by atoms with Crippen molar-refractivity contribution in [2.75, 3.05) is 26.5 Å². The van der Waals surface area contributed by atoms with Gasteiger partial charge < -0.3 is 15.4 Å². The number of methoxy groups -OCH3 is 1. The van der Waals surface area contributed by atoms with Gasteiger partial charge in [0.15, 0.2) is 5.96 Å². The van der Waals surface area contributed by atoms with Gasteiger partial charge in [0.25, 0.3) is 0 Å². The van der Waals surface area contributed by atoms with Crippen LogP contribution < -0.4 is 15.4 Å². The molecule has 0 aliphatic heterocycles. The molecule has 0 bridgehead atoms. The van der Waals surface area contributed by atoms with Crippen molar-refractivity contribution in [3.63, 3.8) is 0 Å². The zero-order chi connectivity index (χ0) is 18.9. The number of halogens is 1. The van der Waals surface area contributed by atoms with Gasteiger partial charge in [-0.15, -0.1) is 47.1 Å². The summed E-state index contributed by atoms with van der Waals surface area (Å²) < 4.78 is 5.41. The summed E-state index contributed by atoms with van der Waals surface area (Å²) in [7, 11) is 3.51. The number of aryl methyl sites for hydroxylation is 2. The number of guanidine groups is 1. The third-order valence-corrected chi connectivity index (χ3v) is 6.31. The van der Waals surface area contributed by atoms with Crippen molar-refractivity contribution in [2.24, 2.45) is 10.9 Å². The van der Waals surface area contributed by atoms with E-state index in [0.717, 1.165) is 41.3 Å². The molecule has 1 aromatic heterocycles. The number of benzene rings is 1. The first-order valence-electron chi connectivity index (χ1n) is 8.66. The minimum absolute atomic E-state index is 0. The van der Waals surface area contributed by atoms with Crippen molar-refractivity contribution in [3.8, 4) is 5.75 Å². The molecular formula is C19H29IN4OS2. The van der Waals surface area contributed by atoms with E-state index in [1.165, 1.54) is 9.77 Å². The molecule has 0 aliphatic carbocycles. The average molecular weight is 521 g/mol. The minimum Gasteiger partial charge on any atom is -0.496 e. The van der Waals surface area contributed by atoms with E-state index in [1.807, 2.05) is 43.8 Å². The number of thiazole rings is 1. The molecule has 1 unspecified atom stereocenters. The van der Waals surface area contributed by atoms with E-state index in [9.17, 15) is 0 Å². The van der Waals surface area contributed by atoms with E-state index >= 15 is 0 Å². The van der Waals surface area contributed by atoms with Gasteiger partial charge in [-0.1, -0.05) is 19.1 Å². The highest BCUT2D eigenvalue weighted by molar-refractivity contribution is 14.0. The van der Waals surface area contributed by atoms with E-state index in [-0.39, 0.29) is 24.0 Å². The Labute approximate surface area is 187 Å². The van der Waals surface area contributed by atoms with Crippen molar-refractivity contribution in [1.29, 1.82) is 0 Å². The first-order valence-corrected chi connectivity index (χ1v) is 10.5. The number of aromatic nitrogens is 1. The SMILES string of the molecule is CN=C(NCc1sc(C)nc1C)NCC(C)CSc1ccccc1OC.I.